The molecule has 1 aliphatic heterocycles. The number of piperidine rings is 1. The van der Waals surface area contributed by atoms with Gasteiger partial charge in [0.2, 0.25) is 0 Å². The minimum atomic E-state index is 0. The topological polar surface area (TPSA) is 62.9 Å². The van der Waals surface area contributed by atoms with Crippen LogP contribution in [0.4, 0.5) is 5.69 Å². The zero-order valence-corrected chi connectivity index (χ0v) is 18.4. The van der Waals surface area contributed by atoms with Crippen molar-refractivity contribution in [1.82, 2.24) is 4.90 Å². The number of nitrogens with two attached hydrogens (primary N) is 1. The van der Waals surface area contributed by atoms with Crippen LogP contribution in [-0.4, -0.2) is 43.1 Å². The van der Waals surface area contributed by atoms with Crippen LogP contribution in [0.1, 0.15) is 34.1 Å². The molecule has 1 aromatic rings. The third-order valence-corrected chi connectivity index (χ3v) is 4.72. The summed E-state index contributed by atoms with van der Waals surface area (Å²) in [6.07, 6.45) is 1.32. The average molecular weight is 460 g/mol. The number of guanidine groups is 1. The maximum Gasteiger partial charge on any atom is 0.193 e. The predicted molar refractivity (Wildman–Crippen MR) is 117 cm³/mol. The molecule has 6 heteroatoms. The fourth-order valence-electron chi connectivity index (χ4n) is 3.40. The standard InChI is InChI=1S/C19H32N4O.HI/c1-14-10-15(2)12-23(11-14)19(3,4)13-21-18(20)22-16-6-8-17(24-5)9-7-16;/h6-9,14-15H,10-13H2,1-5H3,(H3,20,21,22);1H. The Hall–Kier alpha value is -1.02. The Morgan fingerprint density at radius 3 is 2.32 bits per heavy atom. The second-order valence-electron chi connectivity index (χ2n) is 7.72. The number of likely N-dealkylation sites (tertiary alicyclic amines) is 1. The van der Waals surface area contributed by atoms with Gasteiger partial charge in [0.25, 0.3) is 0 Å². The lowest BCUT2D eigenvalue weighted by molar-refractivity contribution is 0.0513. The van der Waals surface area contributed by atoms with Crippen LogP contribution in [0.5, 0.6) is 5.75 Å². The van der Waals surface area contributed by atoms with E-state index in [2.05, 4.69) is 42.9 Å². The molecule has 0 aliphatic carbocycles. The molecule has 1 fully saturated rings. The van der Waals surface area contributed by atoms with E-state index in [9.17, 15) is 0 Å². The quantitative estimate of drug-likeness (QED) is 0.399. The molecule has 1 heterocycles. The fraction of sp³-hybridized carbons (Fsp3) is 0.632. The summed E-state index contributed by atoms with van der Waals surface area (Å²) in [5, 5.41) is 3.14. The Balaban J connectivity index is 0.00000312. The molecule has 1 saturated heterocycles. The van der Waals surface area contributed by atoms with Crippen LogP contribution < -0.4 is 15.8 Å². The number of ether oxygens (including phenoxy) is 1. The number of nitrogens with one attached hydrogen (secondary N) is 1. The van der Waals surface area contributed by atoms with Crippen molar-refractivity contribution in [2.45, 2.75) is 39.7 Å². The van der Waals surface area contributed by atoms with Crippen LogP contribution in [0.15, 0.2) is 29.3 Å². The summed E-state index contributed by atoms with van der Waals surface area (Å²) >= 11 is 0. The average Bonchev–Trinajstić information content (AvgIpc) is 2.53. The van der Waals surface area contributed by atoms with E-state index in [0.29, 0.717) is 12.5 Å². The van der Waals surface area contributed by atoms with E-state index in [1.807, 2.05) is 24.3 Å². The normalized spacial score (nSPS) is 22.2. The smallest absolute Gasteiger partial charge is 0.193 e. The second-order valence-corrected chi connectivity index (χ2v) is 7.72. The van der Waals surface area contributed by atoms with Crippen molar-refractivity contribution in [2.75, 3.05) is 32.1 Å². The van der Waals surface area contributed by atoms with E-state index >= 15 is 0 Å². The van der Waals surface area contributed by atoms with Gasteiger partial charge < -0.3 is 15.8 Å². The van der Waals surface area contributed by atoms with Gasteiger partial charge in [0.05, 0.1) is 13.7 Å². The third-order valence-electron chi connectivity index (χ3n) is 4.72. The van der Waals surface area contributed by atoms with Crippen molar-refractivity contribution in [3.8, 4) is 5.75 Å². The summed E-state index contributed by atoms with van der Waals surface area (Å²) in [6.45, 7) is 12.1. The molecular weight excluding hydrogens is 427 g/mol. The highest BCUT2D eigenvalue weighted by Gasteiger charge is 2.32. The van der Waals surface area contributed by atoms with Crippen molar-refractivity contribution in [3.63, 3.8) is 0 Å². The van der Waals surface area contributed by atoms with Gasteiger partial charge in [0, 0.05) is 24.3 Å². The lowest BCUT2D eigenvalue weighted by Crippen LogP contribution is -2.52. The summed E-state index contributed by atoms with van der Waals surface area (Å²) in [5.74, 6) is 2.76. The Kier molecular flexibility index (Phi) is 8.47. The Morgan fingerprint density at radius 1 is 1.24 bits per heavy atom. The Labute approximate surface area is 169 Å². The van der Waals surface area contributed by atoms with E-state index in [-0.39, 0.29) is 29.5 Å². The first-order chi connectivity index (χ1) is 11.3. The predicted octanol–water partition coefficient (Wildman–Crippen LogP) is 3.80. The van der Waals surface area contributed by atoms with Crippen LogP contribution in [0.3, 0.4) is 0 Å². The number of hydrogen-bond donors (Lipinski definition) is 2. The zero-order chi connectivity index (χ0) is 17.7. The van der Waals surface area contributed by atoms with Crippen molar-refractivity contribution in [2.24, 2.45) is 22.6 Å². The molecular formula is C19H33IN4O. The number of benzene rings is 1. The lowest BCUT2D eigenvalue weighted by atomic mass is 9.88. The SMILES string of the molecule is COc1ccc(NC(N)=NCC(C)(C)N2CC(C)CC(C)C2)cc1.I. The van der Waals surface area contributed by atoms with Gasteiger partial charge in [-0.1, -0.05) is 13.8 Å². The number of methoxy groups -OCH3 is 1. The van der Waals surface area contributed by atoms with Crippen LogP contribution in [0.25, 0.3) is 0 Å². The van der Waals surface area contributed by atoms with Crippen LogP contribution >= 0.6 is 24.0 Å². The molecule has 0 amide bonds. The molecule has 25 heavy (non-hydrogen) atoms. The van der Waals surface area contributed by atoms with Crippen LogP contribution in [0.2, 0.25) is 0 Å². The molecule has 0 spiro atoms. The number of rotatable bonds is 5. The molecule has 2 rings (SSSR count). The van der Waals surface area contributed by atoms with Gasteiger partial charge in [-0.2, -0.15) is 0 Å². The summed E-state index contributed by atoms with van der Waals surface area (Å²) in [5.41, 5.74) is 6.98. The van der Waals surface area contributed by atoms with Crippen molar-refractivity contribution in [3.05, 3.63) is 24.3 Å². The van der Waals surface area contributed by atoms with Crippen LogP contribution in [0, 0.1) is 11.8 Å². The van der Waals surface area contributed by atoms with E-state index in [1.54, 1.807) is 7.11 Å². The number of hydrogen-bond acceptors (Lipinski definition) is 3. The third kappa shape index (κ3) is 6.66. The molecule has 1 aromatic carbocycles. The maximum atomic E-state index is 6.06. The van der Waals surface area contributed by atoms with Crippen molar-refractivity contribution < 1.29 is 4.74 Å². The molecule has 0 saturated carbocycles. The first kappa shape index (κ1) is 22.0. The van der Waals surface area contributed by atoms with E-state index in [1.165, 1.54) is 6.42 Å². The molecule has 0 radical (unpaired) electrons. The van der Waals surface area contributed by atoms with Gasteiger partial charge in [0.1, 0.15) is 5.75 Å². The summed E-state index contributed by atoms with van der Waals surface area (Å²) in [4.78, 5) is 7.12. The molecule has 2 atom stereocenters. The first-order valence-corrected chi connectivity index (χ1v) is 8.76. The molecule has 3 N–H and O–H groups in total. The number of aliphatic imine (C=N–C) groups is 1. The molecule has 0 bridgehead atoms. The van der Waals surface area contributed by atoms with E-state index < -0.39 is 0 Å². The van der Waals surface area contributed by atoms with E-state index in [0.717, 1.165) is 36.4 Å². The molecule has 142 valence electrons. The van der Waals surface area contributed by atoms with Crippen molar-refractivity contribution >= 4 is 35.6 Å². The van der Waals surface area contributed by atoms with Gasteiger partial charge in [-0.05, 0) is 56.4 Å². The molecule has 2 unspecified atom stereocenters. The highest BCUT2D eigenvalue weighted by Crippen LogP contribution is 2.27. The lowest BCUT2D eigenvalue weighted by Gasteiger charge is -2.44. The molecule has 5 nitrogen and oxygen atoms in total. The van der Waals surface area contributed by atoms with Gasteiger partial charge >= 0.3 is 0 Å². The minimum absolute atomic E-state index is 0. The van der Waals surface area contributed by atoms with Crippen molar-refractivity contribution in [1.29, 1.82) is 0 Å². The molecule has 0 aromatic heterocycles. The van der Waals surface area contributed by atoms with Crippen LogP contribution in [-0.2, 0) is 0 Å². The number of anilines is 1. The highest BCUT2D eigenvalue weighted by atomic mass is 127. The summed E-state index contributed by atoms with van der Waals surface area (Å²) in [6, 6.07) is 7.66. The minimum Gasteiger partial charge on any atom is -0.497 e. The van der Waals surface area contributed by atoms with Gasteiger partial charge in [-0.3, -0.25) is 9.89 Å². The van der Waals surface area contributed by atoms with Gasteiger partial charge in [-0.15, -0.1) is 24.0 Å². The summed E-state index contributed by atoms with van der Waals surface area (Å²) in [7, 11) is 1.66. The highest BCUT2D eigenvalue weighted by molar-refractivity contribution is 14.0. The first-order valence-electron chi connectivity index (χ1n) is 8.76. The second kappa shape index (κ2) is 9.62. The molecule has 1 aliphatic rings. The van der Waals surface area contributed by atoms with E-state index in [4.69, 9.17) is 10.5 Å². The largest absolute Gasteiger partial charge is 0.497 e. The maximum absolute atomic E-state index is 6.06. The van der Waals surface area contributed by atoms with Gasteiger partial charge in [0.15, 0.2) is 5.96 Å². The number of nitrogens with zero attached hydrogens (tertiary/aromatic N) is 2. The van der Waals surface area contributed by atoms with Gasteiger partial charge in [-0.25, -0.2) is 0 Å². The monoisotopic (exact) mass is 460 g/mol. The Morgan fingerprint density at radius 2 is 1.80 bits per heavy atom. The summed E-state index contributed by atoms with van der Waals surface area (Å²) < 4.78 is 5.16. The number of halogens is 1. The Bertz CT molecular complexity index is 549. The zero-order valence-electron chi connectivity index (χ0n) is 16.1. The fourth-order valence-corrected chi connectivity index (χ4v) is 3.40.